The normalized spacial score (nSPS) is 10.6. The van der Waals surface area contributed by atoms with E-state index in [1.807, 2.05) is 0 Å². The van der Waals surface area contributed by atoms with Crippen LogP contribution in [0, 0.1) is 5.82 Å². The average molecular weight is 249 g/mol. The summed E-state index contributed by atoms with van der Waals surface area (Å²) in [6, 6.07) is 5.87. The number of rotatable bonds is 2. The molecule has 5 heteroatoms. The van der Waals surface area contributed by atoms with Crippen LogP contribution >= 0.6 is 0 Å². The number of carbonyl (C=O) groups excluding carboxylic acids is 1. The maximum Gasteiger partial charge on any atom is 0.235 e. The van der Waals surface area contributed by atoms with Gasteiger partial charge in [0.2, 0.25) is 5.88 Å². The van der Waals surface area contributed by atoms with Gasteiger partial charge in [-0.15, -0.1) is 0 Å². The van der Waals surface area contributed by atoms with Crippen LogP contribution in [0.5, 0.6) is 11.6 Å². The van der Waals surface area contributed by atoms with Gasteiger partial charge in [-0.3, -0.25) is 4.79 Å². The van der Waals surface area contributed by atoms with Crippen LogP contribution in [0.4, 0.5) is 4.39 Å². The summed E-state index contributed by atoms with van der Waals surface area (Å²) >= 11 is 0. The summed E-state index contributed by atoms with van der Waals surface area (Å²) in [6.45, 7) is 1.25. The Balaban J connectivity index is 2.83. The van der Waals surface area contributed by atoms with E-state index in [1.165, 1.54) is 36.7 Å². The highest BCUT2D eigenvalue weighted by Gasteiger charge is 2.25. The van der Waals surface area contributed by atoms with E-state index < -0.39 is 23.2 Å². The van der Waals surface area contributed by atoms with Crippen molar-refractivity contribution >= 4 is 5.78 Å². The largest absolute Gasteiger partial charge is 0.503 e. The minimum absolute atomic E-state index is 0.0832. The van der Waals surface area contributed by atoms with Gasteiger partial charge < -0.3 is 14.8 Å². The Morgan fingerprint density at radius 3 is 2.44 bits per heavy atom. The number of halogens is 1. The summed E-state index contributed by atoms with van der Waals surface area (Å²) in [7, 11) is 1.45. The van der Waals surface area contributed by atoms with Gasteiger partial charge in [0, 0.05) is 12.6 Å². The molecule has 0 amide bonds. The van der Waals surface area contributed by atoms with Crippen molar-refractivity contribution in [1.29, 1.82) is 0 Å². The van der Waals surface area contributed by atoms with Gasteiger partial charge in [0.1, 0.15) is 5.82 Å². The van der Waals surface area contributed by atoms with Crippen LogP contribution in [-0.2, 0) is 7.05 Å². The second kappa shape index (κ2) is 4.18. The fourth-order valence-electron chi connectivity index (χ4n) is 1.96. The Morgan fingerprint density at radius 2 is 1.89 bits per heavy atom. The van der Waals surface area contributed by atoms with Crippen LogP contribution in [0.25, 0.3) is 11.3 Å². The summed E-state index contributed by atoms with van der Waals surface area (Å²) in [5.41, 5.74) is 0.233. The topological polar surface area (TPSA) is 62.5 Å². The number of carbonyl (C=O) groups is 1. The van der Waals surface area contributed by atoms with E-state index in [0.29, 0.717) is 0 Å². The van der Waals surface area contributed by atoms with Crippen LogP contribution < -0.4 is 0 Å². The zero-order valence-corrected chi connectivity index (χ0v) is 9.94. The first-order valence-corrected chi connectivity index (χ1v) is 5.31. The standard InChI is InChI=1S/C13H12FNO3/c1-7(16)10-11(15(2)13(18)12(10)17)8-5-3-4-6-9(8)14/h3-6,17-18H,1-2H3. The fraction of sp³-hybridized carbons (Fsp3) is 0.154. The monoisotopic (exact) mass is 249 g/mol. The Morgan fingerprint density at radius 1 is 1.28 bits per heavy atom. The van der Waals surface area contributed by atoms with E-state index in [0.717, 1.165) is 0 Å². The quantitative estimate of drug-likeness (QED) is 0.803. The molecular weight excluding hydrogens is 237 g/mol. The molecule has 0 aliphatic rings. The first-order valence-electron chi connectivity index (χ1n) is 5.31. The molecule has 18 heavy (non-hydrogen) atoms. The molecule has 4 nitrogen and oxygen atoms in total. The smallest absolute Gasteiger partial charge is 0.235 e. The average Bonchev–Trinajstić information content (AvgIpc) is 2.54. The highest BCUT2D eigenvalue weighted by atomic mass is 19.1. The molecule has 0 radical (unpaired) electrons. The number of ketones is 1. The Bertz CT molecular complexity index is 631. The van der Waals surface area contributed by atoms with Crippen LogP contribution in [0.1, 0.15) is 17.3 Å². The number of hydrogen-bond acceptors (Lipinski definition) is 3. The van der Waals surface area contributed by atoms with Crippen molar-refractivity contribution in [3.63, 3.8) is 0 Å². The van der Waals surface area contributed by atoms with Crippen molar-refractivity contribution in [2.45, 2.75) is 6.92 Å². The van der Waals surface area contributed by atoms with Crippen LogP contribution in [0.2, 0.25) is 0 Å². The lowest BCUT2D eigenvalue weighted by atomic mass is 10.0. The van der Waals surface area contributed by atoms with Gasteiger partial charge in [-0.05, 0) is 19.1 Å². The van der Waals surface area contributed by atoms with Crippen LogP contribution in [0.3, 0.4) is 0 Å². The van der Waals surface area contributed by atoms with Crippen molar-refractivity contribution in [1.82, 2.24) is 4.57 Å². The van der Waals surface area contributed by atoms with Crippen LogP contribution in [-0.4, -0.2) is 20.6 Å². The summed E-state index contributed by atoms with van der Waals surface area (Å²) in [5, 5.41) is 19.4. The first-order chi connectivity index (χ1) is 8.45. The van der Waals surface area contributed by atoms with E-state index in [-0.39, 0.29) is 16.8 Å². The molecular formula is C13H12FNO3. The van der Waals surface area contributed by atoms with Crippen molar-refractivity contribution in [3.8, 4) is 22.9 Å². The van der Waals surface area contributed by atoms with Gasteiger partial charge in [-0.2, -0.15) is 0 Å². The number of aromatic nitrogens is 1. The summed E-state index contributed by atoms with van der Waals surface area (Å²) in [5.74, 6) is -1.95. The van der Waals surface area contributed by atoms with E-state index in [2.05, 4.69) is 0 Å². The number of nitrogens with zero attached hydrogens (tertiary/aromatic N) is 1. The Kier molecular flexibility index (Phi) is 2.82. The number of Topliss-reactive ketones (excluding diaryl/α,β-unsaturated/α-hetero) is 1. The molecule has 1 aromatic heterocycles. The predicted molar refractivity (Wildman–Crippen MR) is 64.1 cm³/mol. The molecule has 1 aromatic carbocycles. The zero-order chi connectivity index (χ0) is 13.4. The third kappa shape index (κ3) is 1.64. The zero-order valence-electron chi connectivity index (χ0n) is 9.94. The molecule has 94 valence electrons. The van der Waals surface area contributed by atoms with Gasteiger partial charge in [-0.1, -0.05) is 12.1 Å². The molecule has 2 rings (SSSR count). The van der Waals surface area contributed by atoms with Crippen LogP contribution in [0.15, 0.2) is 24.3 Å². The van der Waals surface area contributed by atoms with E-state index in [4.69, 9.17) is 0 Å². The van der Waals surface area contributed by atoms with Gasteiger partial charge >= 0.3 is 0 Å². The molecule has 0 unspecified atom stereocenters. The van der Waals surface area contributed by atoms with E-state index >= 15 is 0 Å². The molecule has 0 atom stereocenters. The molecule has 1 heterocycles. The van der Waals surface area contributed by atoms with Crippen molar-refractivity contribution < 1.29 is 19.4 Å². The predicted octanol–water partition coefficient (Wildman–Crippen LogP) is 2.45. The van der Waals surface area contributed by atoms with Gasteiger partial charge in [0.15, 0.2) is 11.5 Å². The number of aromatic hydroxyl groups is 2. The molecule has 0 fully saturated rings. The lowest BCUT2D eigenvalue weighted by Gasteiger charge is -2.07. The molecule has 0 bridgehead atoms. The number of benzene rings is 1. The van der Waals surface area contributed by atoms with E-state index in [9.17, 15) is 19.4 Å². The first kappa shape index (κ1) is 12.2. The molecule has 0 aliphatic carbocycles. The van der Waals surface area contributed by atoms with E-state index in [1.54, 1.807) is 6.07 Å². The van der Waals surface area contributed by atoms with Crippen molar-refractivity contribution in [3.05, 3.63) is 35.6 Å². The maximum atomic E-state index is 13.8. The highest BCUT2D eigenvalue weighted by Crippen LogP contribution is 2.40. The van der Waals surface area contributed by atoms with Gasteiger partial charge in [0.25, 0.3) is 0 Å². The Labute approximate surface area is 103 Å². The number of hydrogen-bond donors (Lipinski definition) is 2. The second-order valence-electron chi connectivity index (χ2n) is 3.99. The molecule has 0 saturated carbocycles. The molecule has 2 aromatic rings. The summed E-state index contributed by atoms with van der Waals surface area (Å²) in [4.78, 5) is 11.5. The lowest BCUT2D eigenvalue weighted by Crippen LogP contribution is -1.99. The highest BCUT2D eigenvalue weighted by molar-refractivity contribution is 6.04. The molecule has 0 saturated heterocycles. The minimum Gasteiger partial charge on any atom is -0.503 e. The summed E-state index contributed by atoms with van der Waals surface area (Å²) < 4.78 is 14.9. The maximum absolute atomic E-state index is 13.8. The van der Waals surface area contributed by atoms with Gasteiger partial charge in [0.05, 0.1) is 11.3 Å². The van der Waals surface area contributed by atoms with Crippen molar-refractivity contribution in [2.24, 2.45) is 7.05 Å². The second-order valence-corrected chi connectivity index (χ2v) is 3.99. The van der Waals surface area contributed by atoms with Gasteiger partial charge in [-0.25, -0.2) is 4.39 Å². The SMILES string of the molecule is CC(=O)c1c(O)c(O)n(C)c1-c1ccccc1F. The molecule has 0 spiro atoms. The summed E-state index contributed by atoms with van der Waals surface area (Å²) in [6.07, 6.45) is 0. The molecule has 0 aliphatic heterocycles. The molecule has 2 N–H and O–H groups in total. The lowest BCUT2D eigenvalue weighted by molar-refractivity contribution is 0.101. The fourth-order valence-corrected chi connectivity index (χ4v) is 1.96. The van der Waals surface area contributed by atoms with Crippen molar-refractivity contribution in [2.75, 3.05) is 0 Å². The Hall–Kier alpha value is -2.30. The third-order valence-corrected chi connectivity index (χ3v) is 2.82. The third-order valence-electron chi connectivity index (χ3n) is 2.82. The minimum atomic E-state index is -0.527.